The highest BCUT2D eigenvalue weighted by Crippen LogP contribution is 2.31. The molecule has 11 heteroatoms. The number of anilines is 1. The van der Waals surface area contributed by atoms with E-state index in [1.807, 2.05) is 19.1 Å². The number of amides is 2. The summed E-state index contributed by atoms with van der Waals surface area (Å²) in [7, 11) is 1.44. The molecule has 0 aliphatic carbocycles. The van der Waals surface area contributed by atoms with Crippen LogP contribution in [0.15, 0.2) is 96.1 Å². The lowest BCUT2D eigenvalue weighted by atomic mass is 10.1. The number of nitrogens with zero attached hydrogens (tertiary/aromatic N) is 2. The van der Waals surface area contributed by atoms with Gasteiger partial charge in [0.1, 0.15) is 5.75 Å². The number of carbonyl (C=O) groups is 3. The Hall–Kier alpha value is -5.84. The van der Waals surface area contributed by atoms with E-state index in [-0.39, 0.29) is 28.3 Å². The second kappa shape index (κ2) is 12.8. The Kier molecular flexibility index (Phi) is 8.80. The summed E-state index contributed by atoms with van der Waals surface area (Å²) in [6, 6.07) is 23.4. The van der Waals surface area contributed by atoms with Gasteiger partial charge in [-0.05, 0) is 67.6 Å². The van der Waals surface area contributed by atoms with E-state index in [0.29, 0.717) is 17.0 Å². The molecule has 0 aliphatic rings. The van der Waals surface area contributed by atoms with Gasteiger partial charge in [0, 0.05) is 28.4 Å². The highest BCUT2D eigenvalue weighted by Gasteiger charge is 2.22. The highest BCUT2D eigenvalue weighted by atomic mass is 16.6. The Morgan fingerprint density at radius 3 is 2.20 bits per heavy atom. The third-order valence-corrected chi connectivity index (χ3v) is 5.81. The number of esters is 1. The topological polar surface area (TPSA) is 149 Å². The quantitative estimate of drug-likeness (QED) is 0.0959. The number of nitrogens with one attached hydrogen (secondary N) is 2. The maximum Gasteiger partial charge on any atom is 0.343 e. The van der Waals surface area contributed by atoms with Gasteiger partial charge >= 0.3 is 11.7 Å². The molecule has 0 heterocycles. The summed E-state index contributed by atoms with van der Waals surface area (Å²) in [4.78, 5) is 48.6. The first-order valence-corrected chi connectivity index (χ1v) is 12.2. The number of nitro benzene ring substituents is 1. The molecular formula is C30H24N4O7. The van der Waals surface area contributed by atoms with Crippen molar-refractivity contribution in [1.82, 2.24) is 5.43 Å². The number of carbonyl (C=O) groups excluding carboxylic acids is 3. The van der Waals surface area contributed by atoms with Crippen LogP contribution in [-0.4, -0.2) is 36.0 Å². The van der Waals surface area contributed by atoms with Crippen molar-refractivity contribution in [1.29, 1.82) is 0 Å². The molecule has 2 amide bonds. The molecule has 11 nitrogen and oxygen atoms in total. The normalized spacial score (nSPS) is 10.6. The summed E-state index contributed by atoms with van der Waals surface area (Å²) in [6.07, 6.45) is 1.13. The molecule has 0 bridgehead atoms. The zero-order valence-electron chi connectivity index (χ0n) is 22.0. The lowest BCUT2D eigenvalue weighted by Crippen LogP contribution is -2.18. The molecule has 4 aromatic rings. The molecule has 4 aromatic carbocycles. The van der Waals surface area contributed by atoms with Gasteiger partial charge in [-0.2, -0.15) is 5.10 Å². The molecule has 0 saturated carbocycles. The lowest BCUT2D eigenvalue weighted by molar-refractivity contribution is -0.385. The Morgan fingerprint density at radius 2 is 1.51 bits per heavy atom. The first-order valence-electron chi connectivity index (χ1n) is 12.2. The molecule has 0 aliphatic heterocycles. The maximum absolute atomic E-state index is 12.7. The highest BCUT2D eigenvalue weighted by molar-refractivity contribution is 6.04. The van der Waals surface area contributed by atoms with Crippen LogP contribution in [0.1, 0.15) is 42.2 Å². The molecule has 0 saturated heterocycles. The molecule has 4 rings (SSSR count). The Morgan fingerprint density at radius 1 is 0.854 bits per heavy atom. The second-order valence-electron chi connectivity index (χ2n) is 8.67. The van der Waals surface area contributed by atoms with Crippen molar-refractivity contribution in [3.63, 3.8) is 0 Å². The van der Waals surface area contributed by atoms with Gasteiger partial charge in [-0.25, -0.2) is 10.2 Å². The van der Waals surface area contributed by atoms with Crippen LogP contribution in [0.25, 0.3) is 0 Å². The Bertz CT molecular complexity index is 1630. The smallest absolute Gasteiger partial charge is 0.343 e. The van der Waals surface area contributed by atoms with Crippen LogP contribution in [0.2, 0.25) is 0 Å². The summed E-state index contributed by atoms with van der Waals surface area (Å²) in [5.74, 6) is -1.62. The summed E-state index contributed by atoms with van der Waals surface area (Å²) in [5, 5.41) is 18.2. The van der Waals surface area contributed by atoms with Crippen LogP contribution in [0.3, 0.4) is 0 Å². The number of methoxy groups -OCH3 is 1. The van der Waals surface area contributed by atoms with Crippen molar-refractivity contribution >= 4 is 35.4 Å². The Labute approximate surface area is 234 Å². The van der Waals surface area contributed by atoms with Gasteiger partial charge in [-0.15, -0.1) is 0 Å². The third-order valence-electron chi connectivity index (χ3n) is 5.81. The van der Waals surface area contributed by atoms with Gasteiger partial charge in [0.15, 0.2) is 0 Å². The molecule has 41 heavy (non-hydrogen) atoms. The van der Waals surface area contributed by atoms with E-state index in [4.69, 9.17) is 9.47 Å². The summed E-state index contributed by atoms with van der Waals surface area (Å²) in [5.41, 5.74) is 4.37. The number of ether oxygens (including phenoxy) is 2. The van der Waals surface area contributed by atoms with Crippen molar-refractivity contribution in [2.24, 2.45) is 5.10 Å². The van der Waals surface area contributed by atoms with E-state index < -0.39 is 22.5 Å². The van der Waals surface area contributed by atoms with Crippen molar-refractivity contribution in [3.8, 4) is 11.5 Å². The first-order chi connectivity index (χ1) is 19.7. The lowest BCUT2D eigenvalue weighted by Gasteiger charge is -2.09. The summed E-state index contributed by atoms with van der Waals surface area (Å²) < 4.78 is 10.5. The molecule has 0 fully saturated rings. The van der Waals surface area contributed by atoms with E-state index in [9.17, 15) is 24.5 Å². The summed E-state index contributed by atoms with van der Waals surface area (Å²) >= 11 is 0. The number of para-hydroxylation sites is 1. The molecule has 0 aromatic heterocycles. The third kappa shape index (κ3) is 7.18. The fourth-order valence-electron chi connectivity index (χ4n) is 3.64. The van der Waals surface area contributed by atoms with E-state index in [2.05, 4.69) is 15.8 Å². The molecule has 0 radical (unpaired) electrons. The van der Waals surface area contributed by atoms with Gasteiger partial charge in [0.2, 0.25) is 5.75 Å². The minimum Gasteiger partial charge on any atom is -0.497 e. The SMILES string of the molecule is COc1cccc(C(=O)Oc2c(/C=N/NC(=O)c3ccc(NC(=O)c4ccc(C)cc4)cc3)cccc2[N+](=O)[O-])c1. The maximum atomic E-state index is 12.7. The molecule has 0 unspecified atom stereocenters. The van der Waals surface area contributed by atoms with Gasteiger partial charge < -0.3 is 14.8 Å². The first kappa shape index (κ1) is 28.2. The number of hydrogen-bond donors (Lipinski definition) is 2. The van der Waals surface area contributed by atoms with Gasteiger partial charge in [-0.1, -0.05) is 29.8 Å². The predicted octanol–water partition coefficient (Wildman–Crippen LogP) is 5.15. The average Bonchev–Trinajstić information content (AvgIpc) is 2.98. The minimum absolute atomic E-state index is 0.0879. The van der Waals surface area contributed by atoms with Gasteiger partial charge in [0.25, 0.3) is 11.8 Å². The average molecular weight is 553 g/mol. The van der Waals surface area contributed by atoms with Crippen LogP contribution in [-0.2, 0) is 0 Å². The van der Waals surface area contributed by atoms with E-state index in [1.54, 1.807) is 36.4 Å². The molecular weight excluding hydrogens is 528 g/mol. The molecule has 0 spiro atoms. The van der Waals surface area contributed by atoms with Crippen LogP contribution in [0, 0.1) is 17.0 Å². The van der Waals surface area contributed by atoms with Crippen LogP contribution < -0.4 is 20.2 Å². The minimum atomic E-state index is -0.841. The fraction of sp³-hybridized carbons (Fsp3) is 0.0667. The number of benzene rings is 4. The zero-order valence-corrected chi connectivity index (χ0v) is 22.0. The van der Waals surface area contributed by atoms with E-state index >= 15 is 0 Å². The summed E-state index contributed by atoms with van der Waals surface area (Å²) in [6.45, 7) is 1.93. The van der Waals surface area contributed by atoms with Gasteiger partial charge in [-0.3, -0.25) is 19.7 Å². The Balaban J connectivity index is 1.44. The van der Waals surface area contributed by atoms with Gasteiger partial charge in [0.05, 0.1) is 23.8 Å². The fourth-order valence-corrected chi connectivity index (χ4v) is 3.64. The van der Waals surface area contributed by atoms with Crippen LogP contribution in [0.4, 0.5) is 11.4 Å². The van der Waals surface area contributed by atoms with Crippen LogP contribution >= 0.6 is 0 Å². The molecule has 0 atom stereocenters. The number of aryl methyl sites for hydroxylation is 1. The van der Waals surface area contributed by atoms with Crippen LogP contribution in [0.5, 0.6) is 11.5 Å². The largest absolute Gasteiger partial charge is 0.497 e. The zero-order chi connectivity index (χ0) is 29.4. The molecule has 206 valence electrons. The predicted molar refractivity (Wildman–Crippen MR) is 152 cm³/mol. The van der Waals surface area contributed by atoms with E-state index in [1.165, 1.54) is 49.6 Å². The van der Waals surface area contributed by atoms with Crippen molar-refractivity contribution in [2.45, 2.75) is 6.92 Å². The van der Waals surface area contributed by atoms with E-state index in [0.717, 1.165) is 11.8 Å². The number of hydrazone groups is 1. The molecule has 2 N–H and O–H groups in total. The number of nitro groups is 1. The van der Waals surface area contributed by atoms with Crippen molar-refractivity contribution in [3.05, 3.63) is 129 Å². The van der Waals surface area contributed by atoms with Crippen molar-refractivity contribution in [2.75, 3.05) is 12.4 Å². The number of hydrogen-bond acceptors (Lipinski definition) is 8. The monoisotopic (exact) mass is 552 g/mol. The second-order valence-corrected chi connectivity index (χ2v) is 8.67. The number of rotatable bonds is 9. The standard InChI is InChI=1S/C30H24N4O7/c1-19-9-11-20(12-10-19)28(35)32-24-15-13-21(14-16-24)29(36)33-31-18-23-6-4-8-26(34(38)39)27(23)41-30(37)22-5-3-7-25(17-22)40-2/h3-18H,1-2H3,(H,32,35)(H,33,36)/b31-18+. The van der Waals surface area contributed by atoms with Crippen molar-refractivity contribution < 1.29 is 28.8 Å².